The van der Waals surface area contributed by atoms with Crippen molar-refractivity contribution in [3.8, 4) is 0 Å². The molecular formula is C9H18O2. The molecule has 0 radical (unpaired) electrons. The smallest absolute Gasteiger partial charge is 0.158 e. The van der Waals surface area contributed by atoms with Gasteiger partial charge in [-0.3, -0.25) is 0 Å². The van der Waals surface area contributed by atoms with E-state index in [0.29, 0.717) is 5.41 Å². The van der Waals surface area contributed by atoms with Crippen LogP contribution in [0.15, 0.2) is 0 Å². The van der Waals surface area contributed by atoms with Crippen LogP contribution in [-0.2, 0) is 9.47 Å². The lowest BCUT2D eigenvalue weighted by Gasteiger charge is -2.28. The number of hydrogen-bond donors (Lipinski definition) is 0. The van der Waals surface area contributed by atoms with Gasteiger partial charge in [0.2, 0.25) is 0 Å². The number of hydrogen-bond acceptors (Lipinski definition) is 2. The monoisotopic (exact) mass is 158 g/mol. The van der Waals surface area contributed by atoms with Crippen LogP contribution in [0.5, 0.6) is 0 Å². The standard InChI is InChI=1S/C9H18O2/c1-9(2,3)7-8-10-5-4-6-11-8/h8H,4-7H2,1-3H3. The van der Waals surface area contributed by atoms with Crippen LogP contribution in [0.25, 0.3) is 0 Å². The van der Waals surface area contributed by atoms with E-state index >= 15 is 0 Å². The predicted molar refractivity (Wildman–Crippen MR) is 44.4 cm³/mol. The first-order valence-electron chi connectivity index (χ1n) is 4.31. The first-order valence-corrected chi connectivity index (χ1v) is 4.31. The van der Waals surface area contributed by atoms with Crippen molar-refractivity contribution in [2.24, 2.45) is 5.41 Å². The molecule has 0 aromatic carbocycles. The maximum atomic E-state index is 5.43. The summed E-state index contributed by atoms with van der Waals surface area (Å²) in [6, 6.07) is 0. The van der Waals surface area contributed by atoms with Crippen molar-refractivity contribution >= 4 is 0 Å². The average Bonchev–Trinajstić information content (AvgIpc) is 1.85. The van der Waals surface area contributed by atoms with Crippen molar-refractivity contribution < 1.29 is 9.47 Å². The molecule has 0 unspecified atom stereocenters. The quantitative estimate of drug-likeness (QED) is 0.582. The highest BCUT2D eigenvalue weighted by molar-refractivity contribution is 4.65. The van der Waals surface area contributed by atoms with E-state index in [4.69, 9.17) is 9.47 Å². The Balaban J connectivity index is 2.24. The van der Waals surface area contributed by atoms with E-state index in [1.807, 2.05) is 0 Å². The van der Waals surface area contributed by atoms with E-state index in [1.54, 1.807) is 0 Å². The lowest BCUT2D eigenvalue weighted by atomic mass is 9.92. The Hall–Kier alpha value is -0.0800. The average molecular weight is 158 g/mol. The summed E-state index contributed by atoms with van der Waals surface area (Å²) >= 11 is 0. The molecule has 2 heteroatoms. The second-order valence-electron chi connectivity index (χ2n) is 4.29. The van der Waals surface area contributed by atoms with Crippen LogP contribution in [0.4, 0.5) is 0 Å². The van der Waals surface area contributed by atoms with Crippen LogP contribution in [0.3, 0.4) is 0 Å². The van der Waals surface area contributed by atoms with Gasteiger partial charge >= 0.3 is 0 Å². The molecular weight excluding hydrogens is 140 g/mol. The van der Waals surface area contributed by atoms with E-state index in [9.17, 15) is 0 Å². The number of rotatable bonds is 1. The van der Waals surface area contributed by atoms with Crippen LogP contribution in [0.2, 0.25) is 0 Å². The van der Waals surface area contributed by atoms with Gasteiger partial charge in [-0.2, -0.15) is 0 Å². The normalized spacial score (nSPS) is 22.1. The van der Waals surface area contributed by atoms with E-state index in [-0.39, 0.29) is 6.29 Å². The first-order chi connectivity index (χ1) is 5.08. The molecule has 1 rings (SSSR count). The second kappa shape index (κ2) is 3.55. The molecule has 11 heavy (non-hydrogen) atoms. The summed E-state index contributed by atoms with van der Waals surface area (Å²) in [5.74, 6) is 0. The summed E-state index contributed by atoms with van der Waals surface area (Å²) in [5.41, 5.74) is 0.308. The SMILES string of the molecule is CC(C)(C)CC1OCCCO1. The Morgan fingerprint density at radius 1 is 1.18 bits per heavy atom. The van der Waals surface area contributed by atoms with Gasteiger partial charge in [-0.05, 0) is 11.8 Å². The molecule has 1 heterocycles. The topological polar surface area (TPSA) is 18.5 Å². The fourth-order valence-corrected chi connectivity index (χ4v) is 1.15. The van der Waals surface area contributed by atoms with Crippen LogP contribution in [0.1, 0.15) is 33.6 Å². The maximum Gasteiger partial charge on any atom is 0.158 e. The van der Waals surface area contributed by atoms with Gasteiger partial charge in [-0.25, -0.2) is 0 Å². The zero-order chi connectivity index (χ0) is 8.32. The van der Waals surface area contributed by atoms with Crippen LogP contribution in [0, 0.1) is 5.41 Å². The fraction of sp³-hybridized carbons (Fsp3) is 1.00. The summed E-state index contributed by atoms with van der Waals surface area (Å²) in [5, 5.41) is 0. The molecule has 0 saturated carbocycles. The lowest BCUT2D eigenvalue weighted by Crippen LogP contribution is -2.28. The van der Waals surface area contributed by atoms with Crippen molar-refractivity contribution in [3.63, 3.8) is 0 Å². The Kier molecular flexibility index (Phi) is 2.90. The molecule has 0 aromatic rings. The highest BCUT2D eigenvalue weighted by Gasteiger charge is 2.21. The molecule has 1 aliphatic heterocycles. The minimum absolute atomic E-state index is 0.0451. The molecule has 0 atom stereocenters. The van der Waals surface area contributed by atoms with Gasteiger partial charge < -0.3 is 9.47 Å². The molecule has 1 aliphatic rings. The summed E-state index contributed by atoms with van der Waals surface area (Å²) in [6.45, 7) is 8.33. The molecule has 0 N–H and O–H groups in total. The van der Waals surface area contributed by atoms with Gasteiger partial charge in [0.05, 0.1) is 13.2 Å². The Labute approximate surface area is 68.9 Å². The van der Waals surface area contributed by atoms with E-state index < -0.39 is 0 Å². The third-order valence-electron chi connectivity index (χ3n) is 1.68. The van der Waals surface area contributed by atoms with E-state index in [1.165, 1.54) is 0 Å². The molecule has 0 amide bonds. The van der Waals surface area contributed by atoms with Crippen molar-refractivity contribution in [3.05, 3.63) is 0 Å². The number of ether oxygens (including phenoxy) is 2. The molecule has 1 saturated heterocycles. The minimum Gasteiger partial charge on any atom is -0.353 e. The highest BCUT2D eigenvalue weighted by Crippen LogP contribution is 2.24. The van der Waals surface area contributed by atoms with Crippen molar-refractivity contribution in [1.29, 1.82) is 0 Å². The molecule has 0 bridgehead atoms. The molecule has 0 aliphatic carbocycles. The zero-order valence-electron chi connectivity index (χ0n) is 7.72. The largest absolute Gasteiger partial charge is 0.353 e. The third-order valence-corrected chi connectivity index (χ3v) is 1.68. The Bertz CT molecular complexity index is 109. The van der Waals surface area contributed by atoms with Crippen molar-refractivity contribution in [2.45, 2.75) is 39.9 Å². The summed E-state index contributed by atoms with van der Waals surface area (Å²) in [4.78, 5) is 0. The molecule has 0 spiro atoms. The maximum absolute atomic E-state index is 5.43. The highest BCUT2D eigenvalue weighted by atomic mass is 16.7. The Morgan fingerprint density at radius 2 is 1.73 bits per heavy atom. The van der Waals surface area contributed by atoms with E-state index in [0.717, 1.165) is 26.1 Å². The molecule has 0 aromatic heterocycles. The predicted octanol–water partition coefficient (Wildman–Crippen LogP) is 2.19. The summed E-state index contributed by atoms with van der Waals surface area (Å²) in [7, 11) is 0. The lowest BCUT2D eigenvalue weighted by molar-refractivity contribution is -0.190. The van der Waals surface area contributed by atoms with Gasteiger partial charge in [0.25, 0.3) is 0 Å². The minimum atomic E-state index is 0.0451. The van der Waals surface area contributed by atoms with E-state index in [2.05, 4.69) is 20.8 Å². The van der Waals surface area contributed by atoms with Gasteiger partial charge in [0.1, 0.15) is 0 Å². The summed E-state index contributed by atoms with van der Waals surface area (Å²) < 4.78 is 10.9. The van der Waals surface area contributed by atoms with Gasteiger partial charge in [0.15, 0.2) is 6.29 Å². The second-order valence-corrected chi connectivity index (χ2v) is 4.29. The Morgan fingerprint density at radius 3 is 2.18 bits per heavy atom. The fourth-order valence-electron chi connectivity index (χ4n) is 1.15. The zero-order valence-corrected chi connectivity index (χ0v) is 7.72. The first kappa shape index (κ1) is 9.01. The third kappa shape index (κ3) is 3.73. The van der Waals surface area contributed by atoms with Crippen LogP contribution in [-0.4, -0.2) is 19.5 Å². The van der Waals surface area contributed by atoms with Crippen LogP contribution >= 0.6 is 0 Å². The van der Waals surface area contributed by atoms with Gasteiger partial charge in [0, 0.05) is 6.42 Å². The summed E-state index contributed by atoms with van der Waals surface area (Å²) in [6.07, 6.45) is 2.08. The molecule has 1 fully saturated rings. The van der Waals surface area contributed by atoms with Crippen LogP contribution < -0.4 is 0 Å². The molecule has 2 nitrogen and oxygen atoms in total. The van der Waals surface area contributed by atoms with Crippen molar-refractivity contribution in [2.75, 3.05) is 13.2 Å². The van der Waals surface area contributed by atoms with Gasteiger partial charge in [-0.1, -0.05) is 20.8 Å². The molecule has 66 valence electrons. The van der Waals surface area contributed by atoms with Gasteiger partial charge in [-0.15, -0.1) is 0 Å². The van der Waals surface area contributed by atoms with Crippen molar-refractivity contribution in [1.82, 2.24) is 0 Å².